The number of hydrogen-bond donors (Lipinski definition) is 2. The second-order valence-electron chi connectivity index (χ2n) is 8.33. The van der Waals surface area contributed by atoms with E-state index in [2.05, 4.69) is 42.9 Å². The van der Waals surface area contributed by atoms with Crippen molar-refractivity contribution in [3.8, 4) is 0 Å². The minimum atomic E-state index is -0.943. The Labute approximate surface area is 251 Å². The Morgan fingerprint density at radius 3 is 1.59 bits per heavy atom. The normalized spacial score (nSPS) is 9.85. The van der Waals surface area contributed by atoms with Crippen LogP contribution in [0.3, 0.4) is 0 Å². The summed E-state index contributed by atoms with van der Waals surface area (Å²) in [5.74, 6) is -0.762. The molecule has 0 saturated carbocycles. The number of aromatic carboxylic acids is 1. The molecule has 0 radical (unpaired) electrons. The first kappa shape index (κ1) is 38.9. The third kappa shape index (κ3) is 17.8. The molecule has 2 rings (SSSR count). The molecule has 0 amide bonds. The van der Waals surface area contributed by atoms with E-state index < -0.39 is 11.9 Å². The van der Waals surface area contributed by atoms with Crippen molar-refractivity contribution in [1.29, 1.82) is 0 Å². The third-order valence-electron chi connectivity index (χ3n) is 4.11. The van der Waals surface area contributed by atoms with Gasteiger partial charge in [-0.15, -0.1) is 22.7 Å². The number of halogens is 1. The molecular formula is C25H38BrN3O7S3. The highest BCUT2D eigenvalue weighted by Crippen LogP contribution is 2.18. The fourth-order valence-corrected chi connectivity index (χ4v) is 4.24. The summed E-state index contributed by atoms with van der Waals surface area (Å²) < 4.78 is 9.23. The van der Waals surface area contributed by atoms with Crippen molar-refractivity contribution in [1.82, 2.24) is 9.97 Å². The van der Waals surface area contributed by atoms with Crippen LogP contribution in [0.15, 0.2) is 10.8 Å². The molecule has 0 bridgehead atoms. The van der Waals surface area contributed by atoms with Gasteiger partial charge in [-0.25, -0.2) is 24.4 Å². The second-order valence-corrected chi connectivity index (χ2v) is 11.0. The van der Waals surface area contributed by atoms with E-state index in [0.29, 0.717) is 35.4 Å². The van der Waals surface area contributed by atoms with Gasteiger partial charge in [0.15, 0.2) is 4.99 Å². The molecule has 220 valence electrons. The van der Waals surface area contributed by atoms with Gasteiger partial charge in [0.2, 0.25) is 10.0 Å². The Kier molecular flexibility index (Phi) is 21.4. The molecule has 0 aliphatic heterocycles. The number of nitrogens with zero attached hydrogens (tertiary/aromatic N) is 2. The number of rotatable bonds is 8. The lowest BCUT2D eigenvalue weighted by atomic mass is 10.1. The summed E-state index contributed by atoms with van der Waals surface area (Å²) >= 11 is 9.87. The Bertz CT molecular complexity index is 1050. The van der Waals surface area contributed by atoms with Gasteiger partial charge in [-0.2, -0.15) is 0 Å². The van der Waals surface area contributed by atoms with Gasteiger partial charge in [-0.1, -0.05) is 69.7 Å². The van der Waals surface area contributed by atoms with Crippen molar-refractivity contribution in [2.24, 2.45) is 11.7 Å². The average molecular weight is 669 g/mol. The molecule has 39 heavy (non-hydrogen) atoms. The lowest BCUT2D eigenvalue weighted by molar-refractivity contribution is -0.134. The molecule has 0 fully saturated rings. The molecule has 2 aromatic heterocycles. The number of nitrogens with two attached hydrogens (primary N) is 1. The van der Waals surface area contributed by atoms with Crippen molar-refractivity contribution in [3.05, 3.63) is 32.2 Å². The number of carbonyl (C=O) groups excluding carboxylic acids is 3. The maximum absolute atomic E-state index is 11.2. The molecule has 0 aliphatic rings. The number of aromatic nitrogens is 2. The van der Waals surface area contributed by atoms with Crippen LogP contribution >= 0.6 is 50.8 Å². The number of carbonyl (C=O) groups is 4. The Morgan fingerprint density at radius 2 is 1.36 bits per heavy atom. The van der Waals surface area contributed by atoms with Crippen LogP contribution in [0.2, 0.25) is 0 Å². The highest BCUT2D eigenvalue weighted by atomic mass is 79.9. The zero-order valence-electron chi connectivity index (χ0n) is 23.5. The van der Waals surface area contributed by atoms with Gasteiger partial charge in [0.05, 0.1) is 29.9 Å². The summed E-state index contributed by atoms with van der Waals surface area (Å²) in [6.07, 6.45) is 0. The largest absolute Gasteiger partial charge is 0.476 e. The highest BCUT2D eigenvalue weighted by Gasteiger charge is 2.13. The number of carboxylic acid groups (broad SMARTS) is 1. The van der Waals surface area contributed by atoms with E-state index in [1.807, 2.05) is 46.9 Å². The summed E-state index contributed by atoms with van der Waals surface area (Å²) in [7, 11) is 0. The molecule has 10 nitrogen and oxygen atoms in total. The van der Waals surface area contributed by atoms with E-state index in [4.69, 9.17) is 15.6 Å². The van der Waals surface area contributed by atoms with Crippen molar-refractivity contribution < 1.29 is 33.8 Å². The molecular weight excluding hydrogens is 630 g/mol. The van der Waals surface area contributed by atoms with E-state index in [1.165, 1.54) is 22.7 Å². The molecule has 0 saturated heterocycles. The van der Waals surface area contributed by atoms with E-state index >= 15 is 0 Å². The second kappa shape index (κ2) is 21.5. The fourth-order valence-electron chi connectivity index (χ4n) is 1.84. The van der Waals surface area contributed by atoms with Crippen LogP contribution in [0.1, 0.15) is 98.2 Å². The number of ketones is 1. The molecule has 0 atom stereocenters. The average Bonchev–Trinajstić information content (AvgIpc) is 3.56. The van der Waals surface area contributed by atoms with Gasteiger partial charge < -0.3 is 20.3 Å². The van der Waals surface area contributed by atoms with Crippen molar-refractivity contribution >= 4 is 79.5 Å². The van der Waals surface area contributed by atoms with Crippen LogP contribution in [0.25, 0.3) is 0 Å². The molecule has 0 aromatic carbocycles. The minimum Gasteiger partial charge on any atom is -0.476 e. The molecule has 2 aromatic rings. The SMILES string of the molecule is CC(C)C(=O)CBr.CC(C)c1csc(C(=O)O)n1.CCOC(=O)C(N)=S.CCOC(=O)c1nc(C(C)C)cs1. The first-order valence-electron chi connectivity index (χ1n) is 12.0. The predicted octanol–water partition coefficient (Wildman–Crippen LogP) is 5.85. The van der Waals surface area contributed by atoms with Crippen LogP contribution in [-0.2, 0) is 19.1 Å². The van der Waals surface area contributed by atoms with Gasteiger partial charge in [-0.05, 0) is 25.7 Å². The van der Waals surface area contributed by atoms with Crippen LogP contribution < -0.4 is 5.73 Å². The number of esters is 2. The maximum atomic E-state index is 11.2. The predicted molar refractivity (Wildman–Crippen MR) is 162 cm³/mol. The van der Waals surface area contributed by atoms with Crippen LogP contribution in [0.5, 0.6) is 0 Å². The van der Waals surface area contributed by atoms with Crippen LogP contribution in [0, 0.1) is 5.92 Å². The number of alkyl halides is 1. The Hall–Kier alpha value is -2.29. The van der Waals surface area contributed by atoms with Crippen molar-refractivity contribution in [2.45, 2.75) is 67.2 Å². The summed E-state index contributed by atoms with van der Waals surface area (Å²) in [6, 6.07) is 0. The fraction of sp³-hybridized carbons (Fsp3) is 0.560. The lowest BCUT2D eigenvalue weighted by Gasteiger charge is -1.97. The maximum Gasteiger partial charge on any atom is 0.367 e. The Balaban J connectivity index is 0. The number of thiazole rings is 2. The van der Waals surface area contributed by atoms with Gasteiger partial charge >= 0.3 is 17.9 Å². The number of hydrogen-bond acceptors (Lipinski definition) is 11. The van der Waals surface area contributed by atoms with Crippen LogP contribution in [0.4, 0.5) is 0 Å². The van der Waals surface area contributed by atoms with Crippen molar-refractivity contribution in [2.75, 3.05) is 18.5 Å². The quantitative estimate of drug-likeness (QED) is 0.197. The third-order valence-corrected chi connectivity index (χ3v) is 6.52. The number of carboxylic acids is 1. The van der Waals surface area contributed by atoms with E-state index in [0.717, 1.165) is 11.4 Å². The molecule has 0 spiro atoms. The minimum absolute atomic E-state index is 0.175. The van der Waals surface area contributed by atoms with Gasteiger partial charge in [0.1, 0.15) is 5.78 Å². The van der Waals surface area contributed by atoms with Gasteiger partial charge in [0, 0.05) is 16.7 Å². The molecule has 0 unspecified atom stereocenters. The molecule has 0 aliphatic carbocycles. The summed E-state index contributed by atoms with van der Waals surface area (Å²) in [6.45, 7) is 16.0. The number of thiocarbonyl (C=S) groups is 1. The zero-order chi connectivity index (χ0) is 30.7. The van der Waals surface area contributed by atoms with E-state index in [9.17, 15) is 19.2 Å². The summed E-state index contributed by atoms with van der Waals surface area (Å²) in [5.41, 5.74) is 6.68. The topological polar surface area (TPSA) is 159 Å². The molecule has 2 heterocycles. The highest BCUT2D eigenvalue weighted by molar-refractivity contribution is 9.09. The number of Topliss-reactive ketones (excluding diaryl/α,β-unsaturated/α-hetero) is 1. The first-order valence-corrected chi connectivity index (χ1v) is 15.3. The lowest BCUT2D eigenvalue weighted by Crippen LogP contribution is -2.23. The number of ether oxygens (including phenoxy) is 2. The summed E-state index contributed by atoms with van der Waals surface area (Å²) in [5, 5.41) is 13.3. The Morgan fingerprint density at radius 1 is 0.923 bits per heavy atom. The van der Waals surface area contributed by atoms with Gasteiger partial charge in [-0.3, -0.25) is 4.79 Å². The van der Waals surface area contributed by atoms with Crippen molar-refractivity contribution in [3.63, 3.8) is 0 Å². The summed E-state index contributed by atoms with van der Waals surface area (Å²) in [4.78, 5) is 50.2. The smallest absolute Gasteiger partial charge is 0.367 e. The monoisotopic (exact) mass is 667 g/mol. The molecule has 14 heteroatoms. The van der Waals surface area contributed by atoms with E-state index in [1.54, 1.807) is 19.2 Å². The van der Waals surface area contributed by atoms with Gasteiger partial charge in [0.25, 0.3) is 0 Å². The standard InChI is InChI=1S/C9H13NO2S.C7H9NO2S.C5H9BrO.C4H7NO2S/c1-4-12-9(11)8-10-7(5-13-8)6(2)3;1-4(2)5-3-11-6(8-5)7(9)10;1-4(2)5(7)3-6;1-2-7-4(6)3(5)8/h5-6H,4H2,1-3H3;3-4H,1-2H3,(H,9,10);4H,3H2,1-2H3;2H2,1H3,(H2,5,8). The van der Waals surface area contributed by atoms with E-state index in [-0.39, 0.29) is 27.7 Å². The zero-order valence-corrected chi connectivity index (χ0v) is 27.5. The first-order chi connectivity index (χ1) is 18.1. The molecule has 3 N–H and O–H groups in total. The van der Waals surface area contributed by atoms with Crippen LogP contribution in [-0.4, -0.2) is 62.3 Å².